The number of aliphatic hydroxyl groups excluding tert-OH is 2. The molecular weight excluding hydrogens is 794 g/mol. The molecule has 3 aromatic rings. The number of fused-ring (bicyclic) bond motifs is 3. The van der Waals surface area contributed by atoms with Gasteiger partial charge in [-0.15, -0.1) is 0 Å². The smallest absolute Gasteiger partial charge is 0.388 e. The van der Waals surface area contributed by atoms with Crippen LogP contribution in [0.4, 0.5) is 23.4 Å². The Morgan fingerprint density at radius 1 is 1.03 bits per heavy atom. The maximum absolute atomic E-state index is 14.6. The molecular formula is C41H51F4N7O8. The van der Waals surface area contributed by atoms with E-state index < -0.39 is 54.2 Å². The van der Waals surface area contributed by atoms with Gasteiger partial charge in [-0.1, -0.05) is 18.2 Å². The van der Waals surface area contributed by atoms with E-state index in [4.69, 9.17) is 14.2 Å². The van der Waals surface area contributed by atoms with Crippen LogP contribution in [-0.2, 0) is 36.5 Å². The largest absolute Gasteiger partial charge is 0.434 e. The van der Waals surface area contributed by atoms with Crippen molar-refractivity contribution in [2.45, 2.75) is 126 Å². The minimum absolute atomic E-state index is 0.0156. The summed E-state index contributed by atoms with van der Waals surface area (Å²) >= 11 is 0. The van der Waals surface area contributed by atoms with Crippen LogP contribution in [0.2, 0.25) is 0 Å². The molecule has 2 bridgehead atoms. The quantitative estimate of drug-likeness (QED) is 0.136. The molecule has 2 saturated carbocycles. The van der Waals surface area contributed by atoms with Gasteiger partial charge in [0.2, 0.25) is 11.8 Å². The van der Waals surface area contributed by atoms with Crippen LogP contribution in [0.5, 0.6) is 0 Å². The Hall–Kier alpha value is -4.30. The lowest BCUT2D eigenvalue weighted by molar-refractivity contribution is -0.234. The summed E-state index contributed by atoms with van der Waals surface area (Å²) in [6, 6.07) is 5.50. The van der Waals surface area contributed by atoms with Gasteiger partial charge in [-0.3, -0.25) is 24.0 Å². The number of alkyl halides is 4. The summed E-state index contributed by atoms with van der Waals surface area (Å²) < 4.78 is 73.4. The summed E-state index contributed by atoms with van der Waals surface area (Å²) in [6.45, 7) is 1.63. The molecule has 2 aliphatic carbocycles. The number of para-hydroxylation sites is 1. The van der Waals surface area contributed by atoms with Gasteiger partial charge in [-0.25, -0.2) is 9.37 Å². The van der Waals surface area contributed by atoms with Crippen LogP contribution in [0, 0.1) is 17.8 Å². The summed E-state index contributed by atoms with van der Waals surface area (Å²) in [5, 5.41) is 32.7. The lowest BCUT2D eigenvalue weighted by Gasteiger charge is -2.43. The van der Waals surface area contributed by atoms with E-state index >= 15 is 0 Å². The minimum Gasteiger partial charge on any atom is -0.388 e. The van der Waals surface area contributed by atoms with Crippen molar-refractivity contribution >= 4 is 34.3 Å². The number of carbonyl (C=O) groups is 3. The zero-order valence-corrected chi connectivity index (χ0v) is 33.2. The molecule has 3 aliphatic heterocycles. The number of hydrogen-bond donors (Lipinski definition) is 4. The van der Waals surface area contributed by atoms with Crippen molar-refractivity contribution < 1.29 is 56.4 Å². The van der Waals surface area contributed by atoms with Crippen LogP contribution < -0.4 is 10.6 Å². The van der Waals surface area contributed by atoms with E-state index in [1.807, 2.05) is 0 Å². The van der Waals surface area contributed by atoms with E-state index in [2.05, 4.69) is 25.7 Å². The van der Waals surface area contributed by atoms with Crippen molar-refractivity contribution in [1.29, 1.82) is 0 Å². The van der Waals surface area contributed by atoms with Gasteiger partial charge < -0.3 is 40.0 Å². The minimum atomic E-state index is -4.70. The Bertz CT molecular complexity index is 2040. The Balaban J connectivity index is 0.726. The van der Waals surface area contributed by atoms with Crippen LogP contribution in [-0.4, -0.2) is 127 Å². The number of ether oxygens (including phenoxy) is 3. The SMILES string of the molecule is CC(=O)c1nn(CC(=O)N2C[C@H](F)C[C@H]2CC(=O)NCC2CC(CC3CCC(OC[C@@]45CO[C@@H](O4)[C@H](Nc4cncc(C(F)(F)F)n4)[C@@H](O)[C@H]5O)CC3)C2)c2ccccc12. The Kier molecular flexibility index (Phi) is 12.2. The monoisotopic (exact) mass is 845 g/mol. The normalized spacial score (nSPS) is 32.8. The molecule has 0 unspecified atom stereocenters. The third kappa shape index (κ3) is 9.00. The molecule has 326 valence electrons. The first kappa shape index (κ1) is 42.4. The lowest BCUT2D eigenvalue weighted by atomic mass is 9.69. The Morgan fingerprint density at radius 3 is 2.55 bits per heavy atom. The van der Waals surface area contributed by atoms with Crippen molar-refractivity contribution in [2.75, 3.05) is 31.6 Å². The molecule has 5 fully saturated rings. The molecule has 4 N–H and O–H groups in total. The zero-order valence-electron chi connectivity index (χ0n) is 33.2. The zero-order chi connectivity index (χ0) is 42.3. The fourth-order valence-corrected chi connectivity index (χ4v) is 9.71. The number of likely N-dealkylation sites (tertiary alicyclic amines) is 1. The van der Waals surface area contributed by atoms with Gasteiger partial charge in [0.25, 0.3) is 0 Å². The molecule has 0 radical (unpaired) electrons. The highest BCUT2D eigenvalue weighted by molar-refractivity contribution is 6.05. The predicted molar refractivity (Wildman–Crippen MR) is 205 cm³/mol. The number of aromatic nitrogens is 4. The number of nitrogens with one attached hydrogen (secondary N) is 2. The first-order chi connectivity index (χ1) is 28.7. The van der Waals surface area contributed by atoms with Gasteiger partial charge in [0.15, 0.2) is 17.8 Å². The molecule has 19 heteroatoms. The standard InChI is InChI=1S/C41H51F4N7O8/c1-22(53)35-29-4-2-3-5-30(29)52(50-35)19-34(55)51-18-26(42)13-27(51)14-33(54)47-15-25-11-24(12-25)10-23-6-8-28(9-7-23)58-20-40-21-59-39(60-40)36(37(56)38(40)57)49-32-17-46-16-31(48-32)41(43,44)45/h2-5,16-17,23-28,36-39,56-57H,6-15,18-21H2,1H3,(H,47,54)(H,48,49)/t23?,24?,25?,26-,27+,28?,36-,37-,38-,39+,40+/m1/s1. The van der Waals surface area contributed by atoms with Crippen molar-refractivity contribution in [3.8, 4) is 0 Å². The summed E-state index contributed by atoms with van der Waals surface area (Å²) in [6.07, 6.45) is -1.43. The first-order valence-corrected chi connectivity index (χ1v) is 20.8. The van der Waals surface area contributed by atoms with Crippen LogP contribution in [0.1, 0.15) is 80.9 Å². The molecule has 2 amide bonds. The fraction of sp³-hybridized carbons (Fsp3) is 0.659. The Morgan fingerprint density at radius 2 is 1.80 bits per heavy atom. The molecule has 15 nitrogen and oxygen atoms in total. The van der Waals surface area contributed by atoms with E-state index in [1.165, 1.54) is 16.5 Å². The van der Waals surface area contributed by atoms with Crippen LogP contribution in [0.25, 0.3) is 10.9 Å². The average Bonchev–Trinajstić information content (AvgIpc) is 3.90. The second-order valence-electron chi connectivity index (χ2n) is 17.3. The molecule has 5 heterocycles. The number of amides is 2. The molecule has 7 atom stereocenters. The summed E-state index contributed by atoms with van der Waals surface area (Å²) in [7, 11) is 0. The van der Waals surface area contributed by atoms with E-state index in [-0.39, 0.29) is 74.4 Å². The van der Waals surface area contributed by atoms with Gasteiger partial charge in [-0.05, 0) is 68.8 Å². The number of ketones is 1. The van der Waals surface area contributed by atoms with Crippen molar-refractivity contribution in [3.63, 3.8) is 0 Å². The molecule has 1 aromatic carbocycles. The molecule has 8 rings (SSSR count). The first-order valence-electron chi connectivity index (χ1n) is 20.8. The van der Waals surface area contributed by atoms with Crippen LogP contribution >= 0.6 is 0 Å². The van der Waals surface area contributed by atoms with Gasteiger partial charge in [0.1, 0.15) is 48.1 Å². The third-order valence-electron chi connectivity index (χ3n) is 12.9. The third-order valence-corrected chi connectivity index (χ3v) is 12.9. The fourth-order valence-electron chi connectivity index (χ4n) is 9.71. The van der Waals surface area contributed by atoms with Crippen molar-refractivity contribution in [2.24, 2.45) is 17.8 Å². The van der Waals surface area contributed by atoms with Gasteiger partial charge in [0, 0.05) is 37.7 Å². The van der Waals surface area contributed by atoms with E-state index in [9.17, 15) is 42.2 Å². The summed E-state index contributed by atoms with van der Waals surface area (Å²) in [5.41, 5.74) is -1.61. The number of aliphatic hydroxyl groups is 2. The number of Topliss-reactive ketones (excluding diaryl/α,β-unsaturated/α-hetero) is 1. The van der Waals surface area contributed by atoms with Gasteiger partial charge in [0.05, 0.1) is 43.8 Å². The Labute approximate surface area is 343 Å². The van der Waals surface area contributed by atoms with Gasteiger partial charge >= 0.3 is 6.18 Å². The van der Waals surface area contributed by atoms with Crippen molar-refractivity contribution in [1.82, 2.24) is 30.0 Å². The van der Waals surface area contributed by atoms with E-state index in [1.54, 1.807) is 24.3 Å². The molecule has 60 heavy (non-hydrogen) atoms. The number of carbonyl (C=O) groups excluding carboxylic acids is 3. The van der Waals surface area contributed by atoms with E-state index in [0.717, 1.165) is 51.1 Å². The number of benzene rings is 1. The topological polar surface area (TPSA) is 190 Å². The highest BCUT2D eigenvalue weighted by atomic mass is 19.4. The number of anilines is 1. The molecule has 0 spiro atoms. The summed E-state index contributed by atoms with van der Waals surface area (Å²) in [4.78, 5) is 47.0. The molecule has 3 saturated heterocycles. The second-order valence-corrected chi connectivity index (χ2v) is 17.3. The highest BCUT2D eigenvalue weighted by Gasteiger charge is 2.60. The number of rotatable bonds is 14. The predicted octanol–water partition coefficient (Wildman–Crippen LogP) is 3.81. The summed E-state index contributed by atoms with van der Waals surface area (Å²) in [5.74, 6) is 0.446. The number of nitrogens with zero attached hydrogens (tertiary/aromatic N) is 5. The number of hydrogen-bond acceptors (Lipinski definition) is 12. The van der Waals surface area contributed by atoms with Crippen LogP contribution in [0.3, 0.4) is 0 Å². The van der Waals surface area contributed by atoms with Crippen molar-refractivity contribution in [3.05, 3.63) is 48.0 Å². The second kappa shape index (κ2) is 17.2. The maximum Gasteiger partial charge on any atom is 0.434 e. The molecule has 5 aliphatic rings. The van der Waals surface area contributed by atoms with Crippen LogP contribution in [0.15, 0.2) is 36.7 Å². The van der Waals surface area contributed by atoms with E-state index in [0.29, 0.717) is 41.4 Å². The lowest BCUT2D eigenvalue weighted by Crippen LogP contribution is -2.64. The maximum atomic E-state index is 14.6. The average molecular weight is 846 g/mol. The van der Waals surface area contributed by atoms with Gasteiger partial charge in [-0.2, -0.15) is 18.3 Å². The molecule has 2 aromatic heterocycles. The number of halogens is 4. The highest BCUT2D eigenvalue weighted by Crippen LogP contribution is 2.43.